The lowest BCUT2D eigenvalue weighted by Gasteiger charge is -2.09. The maximum Gasteiger partial charge on any atom is 0.293 e. The third-order valence-corrected chi connectivity index (χ3v) is 5.47. The summed E-state index contributed by atoms with van der Waals surface area (Å²) in [5, 5.41) is -0.199. The van der Waals surface area contributed by atoms with Crippen molar-refractivity contribution >= 4 is 44.9 Å². The Morgan fingerprint density at radius 1 is 1.17 bits per heavy atom. The maximum absolute atomic E-state index is 12.3. The third-order valence-electron chi connectivity index (χ3n) is 4.03. The molecule has 2 amide bonds. The Morgan fingerprint density at radius 2 is 1.83 bits per heavy atom. The van der Waals surface area contributed by atoms with E-state index in [1.54, 1.807) is 6.92 Å². The van der Waals surface area contributed by atoms with Crippen molar-refractivity contribution in [1.29, 1.82) is 0 Å². The summed E-state index contributed by atoms with van der Waals surface area (Å²) < 4.78 is 3.17. The first-order valence-corrected chi connectivity index (χ1v) is 9.23. The number of imide groups is 1. The van der Waals surface area contributed by atoms with Crippen LogP contribution in [0.4, 0.5) is 4.79 Å². The molecule has 2 heterocycles. The number of carbonyl (C=O) groups excluding carboxylic acids is 2. The first-order valence-electron chi connectivity index (χ1n) is 7.62. The average Bonchev–Trinajstić information content (AvgIpc) is 2.97. The van der Waals surface area contributed by atoms with Gasteiger partial charge in [-0.3, -0.25) is 14.5 Å². The van der Waals surface area contributed by atoms with Crippen LogP contribution >= 0.6 is 27.7 Å². The number of amides is 2. The van der Waals surface area contributed by atoms with E-state index in [9.17, 15) is 9.59 Å². The van der Waals surface area contributed by atoms with E-state index < -0.39 is 0 Å². The van der Waals surface area contributed by atoms with Gasteiger partial charge in [0.2, 0.25) is 0 Å². The zero-order valence-electron chi connectivity index (χ0n) is 13.7. The second kappa shape index (κ2) is 6.61. The smallest absolute Gasteiger partial charge is 0.293 e. The van der Waals surface area contributed by atoms with Gasteiger partial charge in [-0.15, -0.1) is 0 Å². The number of thioether (sulfide) groups is 1. The number of carbonyl (C=O) groups is 2. The van der Waals surface area contributed by atoms with Crippen LogP contribution in [-0.2, 0) is 4.79 Å². The van der Waals surface area contributed by atoms with Crippen molar-refractivity contribution in [2.75, 3.05) is 6.54 Å². The molecule has 0 saturated carbocycles. The van der Waals surface area contributed by atoms with Gasteiger partial charge in [0, 0.05) is 28.1 Å². The number of aromatic nitrogens is 1. The van der Waals surface area contributed by atoms with Gasteiger partial charge in [0.25, 0.3) is 11.1 Å². The molecule has 3 rings (SSSR count). The van der Waals surface area contributed by atoms with Gasteiger partial charge in [0.05, 0.1) is 4.91 Å². The highest BCUT2D eigenvalue weighted by atomic mass is 79.9. The molecule has 0 atom stereocenters. The summed E-state index contributed by atoms with van der Waals surface area (Å²) in [6.45, 7) is 6.26. The molecule has 0 aliphatic carbocycles. The van der Waals surface area contributed by atoms with E-state index in [2.05, 4.69) is 20.5 Å². The fourth-order valence-electron chi connectivity index (χ4n) is 2.84. The predicted octanol–water partition coefficient (Wildman–Crippen LogP) is 4.91. The molecule has 1 aromatic heterocycles. The van der Waals surface area contributed by atoms with Gasteiger partial charge in [0.15, 0.2) is 0 Å². The van der Waals surface area contributed by atoms with Crippen molar-refractivity contribution in [3.63, 3.8) is 0 Å². The minimum absolute atomic E-state index is 0.199. The highest BCUT2D eigenvalue weighted by molar-refractivity contribution is 9.10. The van der Waals surface area contributed by atoms with Crippen molar-refractivity contribution in [2.45, 2.75) is 20.8 Å². The second-order valence-electron chi connectivity index (χ2n) is 5.56. The van der Waals surface area contributed by atoms with E-state index in [0.717, 1.165) is 38.9 Å². The molecule has 0 radical (unpaired) electrons. The van der Waals surface area contributed by atoms with Crippen molar-refractivity contribution < 1.29 is 9.59 Å². The van der Waals surface area contributed by atoms with E-state index in [4.69, 9.17) is 0 Å². The van der Waals surface area contributed by atoms with Crippen LogP contribution in [0.15, 0.2) is 39.7 Å². The number of halogens is 1. The highest BCUT2D eigenvalue weighted by Crippen LogP contribution is 2.33. The number of aryl methyl sites for hydroxylation is 1. The molecule has 0 bridgehead atoms. The van der Waals surface area contributed by atoms with Crippen LogP contribution in [0.2, 0.25) is 0 Å². The molecule has 1 fully saturated rings. The van der Waals surface area contributed by atoms with Crippen LogP contribution in [0, 0.1) is 13.8 Å². The minimum Gasteiger partial charge on any atom is -0.318 e. The zero-order chi connectivity index (χ0) is 17.4. The summed E-state index contributed by atoms with van der Waals surface area (Å²) >= 11 is 4.45. The molecule has 1 aromatic carbocycles. The average molecular weight is 405 g/mol. The van der Waals surface area contributed by atoms with Gasteiger partial charge < -0.3 is 4.57 Å². The van der Waals surface area contributed by atoms with Gasteiger partial charge >= 0.3 is 0 Å². The van der Waals surface area contributed by atoms with Crippen LogP contribution in [0.3, 0.4) is 0 Å². The van der Waals surface area contributed by atoms with Crippen LogP contribution in [0.1, 0.15) is 23.9 Å². The first kappa shape index (κ1) is 17.0. The Kier molecular flexibility index (Phi) is 4.69. The van der Waals surface area contributed by atoms with E-state index in [1.807, 2.05) is 50.3 Å². The Morgan fingerprint density at radius 3 is 2.42 bits per heavy atom. The summed E-state index contributed by atoms with van der Waals surface area (Å²) in [5.41, 5.74) is 4.14. The molecular formula is C18H17BrN2O2S. The number of hydrogen-bond acceptors (Lipinski definition) is 3. The standard InChI is InChI=1S/C18H17BrN2O2S/c1-4-20-17(22)16(24-18(20)23)10-13-9-11(2)21(12(13)3)15-7-5-14(19)6-8-15/h5-10H,4H2,1-3H3/b16-10-. The van der Waals surface area contributed by atoms with Crippen LogP contribution in [0.5, 0.6) is 0 Å². The van der Waals surface area contributed by atoms with E-state index in [-0.39, 0.29) is 11.1 Å². The van der Waals surface area contributed by atoms with Crippen molar-refractivity contribution in [3.05, 3.63) is 56.7 Å². The Labute approximate surface area is 153 Å². The predicted molar refractivity (Wildman–Crippen MR) is 101 cm³/mol. The fourth-order valence-corrected chi connectivity index (χ4v) is 3.99. The Balaban J connectivity index is 2.01. The van der Waals surface area contributed by atoms with Gasteiger partial charge in [-0.05, 0) is 74.5 Å². The molecule has 0 spiro atoms. The summed E-state index contributed by atoms with van der Waals surface area (Å²) in [7, 11) is 0. The minimum atomic E-state index is -0.207. The monoisotopic (exact) mass is 404 g/mol. The SMILES string of the molecule is CCN1C(=O)S/C(=C\c2cc(C)n(-c3ccc(Br)cc3)c2C)C1=O. The molecule has 6 heteroatoms. The molecule has 2 aromatic rings. The molecule has 1 saturated heterocycles. The number of nitrogens with zero attached hydrogens (tertiary/aromatic N) is 2. The van der Waals surface area contributed by atoms with Crippen molar-refractivity contribution in [3.8, 4) is 5.69 Å². The van der Waals surface area contributed by atoms with Gasteiger partial charge in [0.1, 0.15) is 0 Å². The van der Waals surface area contributed by atoms with E-state index in [0.29, 0.717) is 11.4 Å². The summed E-state index contributed by atoms with van der Waals surface area (Å²) in [5.74, 6) is -0.207. The van der Waals surface area contributed by atoms with Gasteiger partial charge in [-0.25, -0.2) is 0 Å². The molecular weight excluding hydrogens is 388 g/mol. The molecule has 0 N–H and O–H groups in total. The maximum atomic E-state index is 12.3. The molecule has 1 aliphatic rings. The topological polar surface area (TPSA) is 42.3 Å². The third kappa shape index (κ3) is 2.96. The van der Waals surface area contributed by atoms with Crippen molar-refractivity contribution in [2.24, 2.45) is 0 Å². The lowest BCUT2D eigenvalue weighted by molar-refractivity contribution is -0.122. The van der Waals surface area contributed by atoms with Crippen LogP contribution in [-0.4, -0.2) is 27.2 Å². The van der Waals surface area contributed by atoms with Crippen LogP contribution in [0.25, 0.3) is 11.8 Å². The van der Waals surface area contributed by atoms with Crippen LogP contribution < -0.4 is 0 Å². The van der Waals surface area contributed by atoms with E-state index >= 15 is 0 Å². The fraction of sp³-hybridized carbons (Fsp3) is 0.222. The van der Waals surface area contributed by atoms with Crippen molar-refractivity contribution in [1.82, 2.24) is 9.47 Å². The number of likely N-dealkylation sites (N-methyl/N-ethyl adjacent to an activating group) is 1. The zero-order valence-corrected chi connectivity index (χ0v) is 16.1. The van der Waals surface area contributed by atoms with Gasteiger partial charge in [-0.2, -0.15) is 0 Å². The second-order valence-corrected chi connectivity index (χ2v) is 7.47. The number of hydrogen-bond donors (Lipinski definition) is 0. The largest absolute Gasteiger partial charge is 0.318 e. The lowest BCUT2D eigenvalue weighted by Crippen LogP contribution is -2.27. The summed E-state index contributed by atoms with van der Waals surface area (Å²) in [6.07, 6.45) is 1.82. The highest BCUT2D eigenvalue weighted by Gasteiger charge is 2.33. The van der Waals surface area contributed by atoms with E-state index in [1.165, 1.54) is 4.90 Å². The number of rotatable bonds is 3. The summed E-state index contributed by atoms with van der Waals surface area (Å²) in [6, 6.07) is 10.1. The van der Waals surface area contributed by atoms with Gasteiger partial charge in [-0.1, -0.05) is 15.9 Å². The molecule has 24 heavy (non-hydrogen) atoms. The Hall–Kier alpha value is -1.79. The first-order chi connectivity index (χ1) is 11.4. The quantitative estimate of drug-likeness (QED) is 0.682. The molecule has 124 valence electrons. The lowest BCUT2D eigenvalue weighted by atomic mass is 10.2. The summed E-state index contributed by atoms with van der Waals surface area (Å²) in [4.78, 5) is 25.9. The number of benzene rings is 1. The normalized spacial score (nSPS) is 16.5. The molecule has 4 nitrogen and oxygen atoms in total. The Bertz CT molecular complexity index is 853. The molecule has 1 aliphatic heterocycles. The molecule has 0 unspecified atom stereocenters.